The smallest absolute Gasteiger partial charge is 0.236 e. The van der Waals surface area contributed by atoms with Crippen molar-refractivity contribution in [3.8, 4) is 0 Å². The molecular formula is C14H30N2O. The van der Waals surface area contributed by atoms with E-state index in [-0.39, 0.29) is 5.91 Å². The lowest BCUT2D eigenvalue weighted by Gasteiger charge is -2.31. The maximum absolute atomic E-state index is 11.8. The molecule has 0 aromatic heterocycles. The Kier molecular flexibility index (Phi) is 9.14. The number of likely N-dealkylation sites (tertiary alicyclic amines) is 1. The zero-order valence-corrected chi connectivity index (χ0v) is 12.3. The van der Waals surface area contributed by atoms with Crippen LogP contribution in [-0.4, -0.2) is 48.4 Å². The van der Waals surface area contributed by atoms with Crippen LogP contribution in [0.5, 0.6) is 0 Å². The lowest BCUT2D eigenvalue weighted by molar-refractivity contribution is -0.132. The average molecular weight is 242 g/mol. The van der Waals surface area contributed by atoms with Gasteiger partial charge in [0.2, 0.25) is 5.91 Å². The highest BCUT2D eigenvalue weighted by atomic mass is 16.2. The second-order valence-electron chi connectivity index (χ2n) is 4.52. The largest absolute Gasteiger partial charge is 0.342 e. The van der Waals surface area contributed by atoms with Gasteiger partial charge in [-0.2, -0.15) is 0 Å². The molecule has 0 aliphatic carbocycles. The highest BCUT2D eigenvalue weighted by Gasteiger charge is 2.19. The normalized spacial score (nSPS) is 17.2. The van der Waals surface area contributed by atoms with E-state index in [0.29, 0.717) is 6.54 Å². The van der Waals surface area contributed by atoms with Gasteiger partial charge in [0.25, 0.3) is 0 Å². The van der Waals surface area contributed by atoms with Crippen molar-refractivity contribution in [3.05, 3.63) is 0 Å². The summed E-state index contributed by atoms with van der Waals surface area (Å²) in [4.78, 5) is 16.0. The Morgan fingerprint density at radius 2 is 1.65 bits per heavy atom. The van der Waals surface area contributed by atoms with E-state index in [1.165, 1.54) is 12.8 Å². The van der Waals surface area contributed by atoms with Crippen LogP contribution in [0.15, 0.2) is 0 Å². The topological polar surface area (TPSA) is 23.6 Å². The number of piperidine rings is 1. The van der Waals surface area contributed by atoms with Crippen molar-refractivity contribution < 1.29 is 4.79 Å². The number of carbonyl (C=O) groups excluding carboxylic acids is 1. The number of hydrogen-bond acceptors (Lipinski definition) is 2. The highest BCUT2D eigenvalue weighted by Crippen LogP contribution is 2.15. The molecule has 1 heterocycles. The van der Waals surface area contributed by atoms with Gasteiger partial charge in [0.1, 0.15) is 0 Å². The fourth-order valence-electron chi connectivity index (χ4n) is 2.09. The molecule has 0 radical (unpaired) electrons. The standard InChI is InChI=1S/C12H24N2O.C2H6/c1-4-14(5-2)12(15)10-13-8-6-11(3)7-9-13;1-2/h11H,4-10H2,1-3H3;1-2H3. The molecule has 0 N–H and O–H groups in total. The Morgan fingerprint density at radius 1 is 1.18 bits per heavy atom. The Hall–Kier alpha value is -0.570. The third-order valence-corrected chi connectivity index (χ3v) is 3.35. The van der Waals surface area contributed by atoms with Gasteiger partial charge in [-0.3, -0.25) is 9.69 Å². The predicted molar refractivity (Wildman–Crippen MR) is 74.1 cm³/mol. The first-order valence-electron chi connectivity index (χ1n) is 7.17. The number of likely N-dealkylation sites (N-methyl/N-ethyl adjacent to an activating group) is 1. The zero-order chi connectivity index (χ0) is 13.3. The molecule has 0 aromatic rings. The molecule has 17 heavy (non-hydrogen) atoms. The maximum atomic E-state index is 11.8. The molecule has 0 aromatic carbocycles. The van der Waals surface area contributed by atoms with E-state index in [1.54, 1.807) is 0 Å². The van der Waals surface area contributed by atoms with Crippen molar-refractivity contribution in [3.63, 3.8) is 0 Å². The lowest BCUT2D eigenvalue weighted by atomic mass is 9.99. The molecule has 0 atom stereocenters. The zero-order valence-electron chi connectivity index (χ0n) is 12.3. The van der Waals surface area contributed by atoms with Crippen molar-refractivity contribution in [2.75, 3.05) is 32.7 Å². The number of carbonyl (C=O) groups is 1. The third-order valence-electron chi connectivity index (χ3n) is 3.35. The average Bonchev–Trinajstić information content (AvgIpc) is 2.36. The van der Waals surface area contributed by atoms with Crippen molar-refractivity contribution in [1.82, 2.24) is 9.80 Å². The Morgan fingerprint density at radius 3 is 2.06 bits per heavy atom. The van der Waals surface area contributed by atoms with Crippen LogP contribution in [-0.2, 0) is 4.79 Å². The van der Waals surface area contributed by atoms with E-state index in [9.17, 15) is 4.79 Å². The van der Waals surface area contributed by atoms with Crippen LogP contribution in [0.1, 0.15) is 47.5 Å². The molecule has 0 spiro atoms. The minimum Gasteiger partial charge on any atom is -0.342 e. The van der Waals surface area contributed by atoms with Gasteiger partial charge in [0.05, 0.1) is 6.54 Å². The first kappa shape index (κ1) is 16.4. The van der Waals surface area contributed by atoms with E-state index >= 15 is 0 Å². The molecular weight excluding hydrogens is 212 g/mol. The second kappa shape index (κ2) is 9.46. The van der Waals surface area contributed by atoms with Crippen LogP contribution >= 0.6 is 0 Å². The minimum atomic E-state index is 0.287. The monoisotopic (exact) mass is 242 g/mol. The molecule has 1 rings (SSSR count). The molecule has 3 heteroatoms. The number of hydrogen-bond donors (Lipinski definition) is 0. The van der Waals surface area contributed by atoms with Gasteiger partial charge >= 0.3 is 0 Å². The maximum Gasteiger partial charge on any atom is 0.236 e. The Bertz CT molecular complexity index is 194. The number of rotatable bonds is 4. The SMILES string of the molecule is CC.CCN(CC)C(=O)CN1CCC(C)CC1. The summed E-state index contributed by atoms with van der Waals surface area (Å²) in [5, 5.41) is 0. The third kappa shape index (κ3) is 6.06. The van der Waals surface area contributed by atoms with Gasteiger partial charge in [0, 0.05) is 13.1 Å². The van der Waals surface area contributed by atoms with Crippen LogP contribution < -0.4 is 0 Å². The molecule has 0 saturated carbocycles. The molecule has 1 saturated heterocycles. The summed E-state index contributed by atoms with van der Waals surface area (Å²) < 4.78 is 0. The molecule has 1 aliphatic heterocycles. The first-order chi connectivity index (χ1) is 8.17. The van der Waals surface area contributed by atoms with Gasteiger partial charge in [0.15, 0.2) is 0 Å². The molecule has 0 bridgehead atoms. The Labute approximate surface area is 107 Å². The molecule has 0 unspecified atom stereocenters. The van der Waals surface area contributed by atoms with Gasteiger partial charge < -0.3 is 4.90 Å². The summed E-state index contributed by atoms with van der Waals surface area (Å²) in [6.07, 6.45) is 2.48. The summed E-state index contributed by atoms with van der Waals surface area (Å²) in [6, 6.07) is 0. The molecule has 102 valence electrons. The van der Waals surface area contributed by atoms with E-state index in [1.807, 2.05) is 32.6 Å². The number of nitrogens with zero attached hydrogens (tertiary/aromatic N) is 2. The molecule has 1 aliphatic rings. The fourth-order valence-corrected chi connectivity index (χ4v) is 2.09. The second-order valence-corrected chi connectivity index (χ2v) is 4.52. The van der Waals surface area contributed by atoms with Gasteiger partial charge in [-0.15, -0.1) is 0 Å². The fraction of sp³-hybridized carbons (Fsp3) is 0.929. The first-order valence-corrected chi connectivity index (χ1v) is 7.17. The molecule has 3 nitrogen and oxygen atoms in total. The quantitative estimate of drug-likeness (QED) is 0.756. The van der Waals surface area contributed by atoms with Crippen molar-refractivity contribution in [2.24, 2.45) is 5.92 Å². The van der Waals surface area contributed by atoms with E-state index in [4.69, 9.17) is 0 Å². The van der Waals surface area contributed by atoms with Gasteiger partial charge in [-0.05, 0) is 45.7 Å². The Balaban J connectivity index is 0.00000121. The van der Waals surface area contributed by atoms with Crippen LogP contribution in [0.4, 0.5) is 0 Å². The van der Waals surface area contributed by atoms with Crippen LogP contribution in [0.2, 0.25) is 0 Å². The lowest BCUT2D eigenvalue weighted by Crippen LogP contribution is -2.43. The van der Waals surface area contributed by atoms with E-state index in [2.05, 4.69) is 11.8 Å². The number of amides is 1. The van der Waals surface area contributed by atoms with E-state index < -0.39 is 0 Å². The minimum absolute atomic E-state index is 0.287. The van der Waals surface area contributed by atoms with Crippen molar-refractivity contribution >= 4 is 5.91 Å². The van der Waals surface area contributed by atoms with Crippen molar-refractivity contribution in [1.29, 1.82) is 0 Å². The molecule has 1 amide bonds. The van der Waals surface area contributed by atoms with Crippen molar-refractivity contribution in [2.45, 2.75) is 47.5 Å². The highest BCUT2D eigenvalue weighted by molar-refractivity contribution is 5.78. The van der Waals surface area contributed by atoms with Crippen LogP contribution in [0.3, 0.4) is 0 Å². The summed E-state index contributed by atoms with van der Waals surface area (Å²) >= 11 is 0. The van der Waals surface area contributed by atoms with Gasteiger partial charge in [-0.25, -0.2) is 0 Å². The van der Waals surface area contributed by atoms with E-state index in [0.717, 1.165) is 32.1 Å². The summed E-state index contributed by atoms with van der Waals surface area (Å²) in [6.45, 7) is 14.8. The molecule has 1 fully saturated rings. The summed E-state index contributed by atoms with van der Waals surface area (Å²) in [7, 11) is 0. The predicted octanol–water partition coefficient (Wildman–Crippen LogP) is 2.61. The van der Waals surface area contributed by atoms with Gasteiger partial charge in [-0.1, -0.05) is 20.8 Å². The summed E-state index contributed by atoms with van der Waals surface area (Å²) in [5.74, 6) is 1.12. The van der Waals surface area contributed by atoms with Crippen LogP contribution in [0.25, 0.3) is 0 Å². The summed E-state index contributed by atoms with van der Waals surface area (Å²) in [5.41, 5.74) is 0. The van der Waals surface area contributed by atoms with Crippen LogP contribution in [0, 0.1) is 5.92 Å².